The number of hydrogen-bond donors (Lipinski definition) is 0. The predicted octanol–water partition coefficient (Wildman–Crippen LogP) is 5.91. The number of anilines is 1. The molecule has 6 heteroatoms. The van der Waals surface area contributed by atoms with Crippen molar-refractivity contribution in [1.29, 1.82) is 0 Å². The van der Waals surface area contributed by atoms with E-state index in [0.717, 1.165) is 47.6 Å². The van der Waals surface area contributed by atoms with Crippen LogP contribution in [0.5, 0.6) is 11.6 Å². The zero-order chi connectivity index (χ0) is 24.2. The third-order valence-electron chi connectivity index (χ3n) is 6.22. The van der Waals surface area contributed by atoms with Gasteiger partial charge in [0, 0.05) is 39.6 Å². The van der Waals surface area contributed by atoms with E-state index in [0.29, 0.717) is 24.9 Å². The lowest BCUT2D eigenvalue weighted by atomic mass is 10.1. The Kier molecular flexibility index (Phi) is 6.73. The molecule has 2 heterocycles. The number of halogens is 1. The number of fused-ring (bicyclic) bond motifs is 1. The molecule has 0 aliphatic carbocycles. The Hall–Kier alpha value is -3.77. The number of hydrogen-bond acceptors (Lipinski definition) is 5. The molecule has 0 atom stereocenters. The van der Waals surface area contributed by atoms with Crippen molar-refractivity contribution in [1.82, 2.24) is 14.9 Å². The molecule has 0 spiro atoms. The maximum Gasteiger partial charge on any atom is 0.228 e. The fourth-order valence-electron chi connectivity index (χ4n) is 4.38. The number of nitrogens with zero attached hydrogens (tertiary/aromatic N) is 4. The van der Waals surface area contributed by atoms with Gasteiger partial charge >= 0.3 is 0 Å². The molecule has 0 N–H and O–H groups in total. The summed E-state index contributed by atoms with van der Waals surface area (Å²) in [7, 11) is 2.01. The zero-order valence-electron chi connectivity index (χ0n) is 20.1. The normalized spacial score (nSPS) is 13.3. The van der Waals surface area contributed by atoms with E-state index in [1.807, 2.05) is 68.6 Å². The summed E-state index contributed by atoms with van der Waals surface area (Å²) in [5.41, 5.74) is 5.44. The summed E-state index contributed by atoms with van der Waals surface area (Å²) in [6, 6.07) is 25.0. The van der Waals surface area contributed by atoms with Gasteiger partial charge in [-0.3, -0.25) is 4.90 Å². The highest BCUT2D eigenvalue weighted by molar-refractivity contribution is 5.44. The lowest BCUT2D eigenvalue weighted by Gasteiger charge is -2.30. The van der Waals surface area contributed by atoms with E-state index in [2.05, 4.69) is 21.9 Å². The fraction of sp³-hybridized carbons (Fsp3) is 0.241. The summed E-state index contributed by atoms with van der Waals surface area (Å²) >= 11 is 0. The van der Waals surface area contributed by atoms with E-state index in [1.165, 1.54) is 17.7 Å². The Labute approximate surface area is 205 Å². The molecule has 0 amide bonds. The lowest BCUT2D eigenvalue weighted by Crippen LogP contribution is -2.32. The van der Waals surface area contributed by atoms with E-state index in [-0.39, 0.29) is 5.82 Å². The van der Waals surface area contributed by atoms with Crippen molar-refractivity contribution in [2.45, 2.75) is 33.0 Å². The molecule has 1 aliphatic rings. The van der Waals surface area contributed by atoms with Gasteiger partial charge < -0.3 is 9.64 Å². The SMILES string of the molecule is Cc1cccc(Oc2nc(N(C)Cc3ccccc3)nc3c2CN(Cc2ccc(F)cc2)CC3)c1. The van der Waals surface area contributed by atoms with Gasteiger partial charge in [-0.1, -0.05) is 54.6 Å². The Morgan fingerprint density at radius 1 is 0.943 bits per heavy atom. The van der Waals surface area contributed by atoms with Gasteiger partial charge in [0.1, 0.15) is 11.6 Å². The van der Waals surface area contributed by atoms with Crippen LogP contribution in [0, 0.1) is 12.7 Å². The van der Waals surface area contributed by atoms with Gasteiger partial charge in [0.05, 0.1) is 11.3 Å². The van der Waals surface area contributed by atoms with Crippen molar-refractivity contribution in [3.8, 4) is 11.6 Å². The highest BCUT2D eigenvalue weighted by atomic mass is 19.1. The van der Waals surface area contributed by atoms with Crippen molar-refractivity contribution in [3.05, 3.63) is 113 Å². The molecular formula is C29H29FN4O. The van der Waals surface area contributed by atoms with E-state index < -0.39 is 0 Å². The van der Waals surface area contributed by atoms with Crippen molar-refractivity contribution >= 4 is 5.95 Å². The second kappa shape index (κ2) is 10.2. The second-order valence-electron chi connectivity index (χ2n) is 9.10. The predicted molar refractivity (Wildman–Crippen MR) is 136 cm³/mol. The Morgan fingerprint density at radius 3 is 2.51 bits per heavy atom. The van der Waals surface area contributed by atoms with Crippen LogP contribution in [0.2, 0.25) is 0 Å². The molecule has 0 bridgehead atoms. The molecule has 4 aromatic rings. The van der Waals surface area contributed by atoms with E-state index in [9.17, 15) is 4.39 Å². The van der Waals surface area contributed by atoms with Crippen LogP contribution in [0.4, 0.5) is 10.3 Å². The molecule has 0 saturated carbocycles. The minimum atomic E-state index is -0.216. The molecule has 0 radical (unpaired) electrons. The number of ether oxygens (including phenoxy) is 1. The molecule has 35 heavy (non-hydrogen) atoms. The minimum absolute atomic E-state index is 0.216. The van der Waals surface area contributed by atoms with Crippen LogP contribution < -0.4 is 9.64 Å². The molecule has 0 unspecified atom stereocenters. The summed E-state index contributed by atoms with van der Waals surface area (Å²) in [6.07, 6.45) is 0.801. The summed E-state index contributed by atoms with van der Waals surface area (Å²) in [5, 5.41) is 0. The highest BCUT2D eigenvalue weighted by Gasteiger charge is 2.25. The molecular weight excluding hydrogens is 439 g/mol. The standard InChI is InChI=1S/C29H29FN4O/c1-21-7-6-10-25(17-21)35-28-26-20-34(19-23-11-13-24(30)14-12-23)16-15-27(26)31-29(32-28)33(2)18-22-8-4-3-5-9-22/h3-14,17H,15-16,18-20H2,1-2H3. The second-order valence-corrected chi connectivity index (χ2v) is 9.10. The minimum Gasteiger partial charge on any atom is -0.438 e. The smallest absolute Gasteiger partial charge is 0.228 e. The molecule has 178 valence electrons. The van der Waals surface area contributed by atoms with E-state index in [4.69, 9.17) is 14.7 Å². The third-order valence-corrected chi connectivity index (χ3v) is 6.22. The molecule has 1 aliphatic heterocycles. The molecule has 5 nitrogen and oxygen atoms in total. The highest BCUT2D eigenvalue weighted by Crippen LogP contribution is 2.32. The first-order valence-electron chi connectivity index (χ1n) is 11.9. The Morgan fingerprint density at radius 2 is 1.74 bits per heavy atom. The summed E-state index contributed by atoms with van der Waals surface area (Å²) in [6.45, 7) is 5.04. The van der Waals surface area contributed by atoms with Gasteiger partial charge in [-0.25, -0.2) is 9.37 Å². The van der Waals surface area contributed by atoms with E-state index >= 15 is 0 Å². The molecule has 0 fully saturated rings. The van der Waals surface area contributed by atoms with Crippen LogP contribution in [-0.2, 0) is 26.1 Å². The number of aryl methyl sites for hydroxylation is 1. The largest absolute Gasteiger partial charge is 0.438 e. The quantitative estimate of drug-likeness (QED) is 0.337. The molecule has 3 aromatic carbocycles. The summed E-state index contributed by atoms with van der Waals surface area (Å²) < 4.78 is 19.7. The zero-order valence-corrected chi connectivity index (χ0v) is 20.1. The third kappa shape index (κ3) is 5.66. The molecule has 0 saturated heterocycles. The molecule has 1 aromatic heterocycles. The van der Waals surface area contributed by atoms with Gasteiger partial charge in [0.15, 0.2) is 0 Å². The van der Waals surface area contributed by atoms with Gasteiger partial charge in [-0.05, 0) is 47.9 Å². The van der Waals surface area contributed by atoms with Crippen molar-refractivity contribution in [2.24, 2.45) is 0 Å². The topological polar surface area (TPSA) is 41.5 Å². The van der Waals surface area contributed by atoms with E-state index in [1.54, 1.807) is 0 Å². The van der Waals surface area contributed by atoms with Crippen LogP contribution >= 0.6 is 0 Å². The Bertz CT molecular complexity index is 1290. The van der Waals surface area contributed by atoms with Crippen LogP contribution in [0.3, 0.4) is 0 Å². The van der Waals surface area contributed by atoms with Gasteiger partial charge in [0.2, 0.25) is 11.8 Å². The fourth-order valence-corrected chi connectivity index (χ4v) is 4.38. The monoisotopic (exact) mass is 468 g/mol. The maximum absolute atomic E-state index is 13.3. The van der Waals surface area contributed by atoms with Gasteiger partial charge in [0.25, 0.3) is 0 Å². The summed E-state index contributed by atoms with van der Waals surface area (Å²) in [4.78, 5) is 14.2. The maximum atomic E-state index is 13.3. The average molecular weight is 469 g/mol. The van der Waals surface area contributed by atoms with Crippen molar-refractivity contribution in [3.63, 3.8) is 0 Å². The van der Waals surface area contributed by atoms with Crippen molar-refractivity contribution < 1.29 is 9.13 Å². The first-order chi connectivity index (χ1) is 17.0. The van der Waals surface area contributed by atoms with Crippen LogP contribution in [-0.4, -0.2) is 28.5 Å². The van der Waals surface area contributed by atoms with Crippen LogP contribution in [0.15, 0.2) is 78.9 Å². The van der Waals surface area contributed by atoms with Crippen LogP contribution in [0.25, 0.3) is 0 Å². The average Bonchev–Trinajstić information content (AvgIpc) is 2.86. The number of rotatable bonds is 7. The first kappa shape index (κ1) is 23.0. The number of aromatic nitrogens is 2. The first-order valence-corrected chi connectivity index (χ1v) is 11.9. The Balaban J connectivity index is 1.44. The van der Waals surface area contributed by atoms with Gasteiger partial charge in [-0.15, -0.1) is 0 Å². The summed E-state index contributed by atoms with van der Waals surface area (Å²) in [5.74, 6) is 1.80. The lowest BCUT2D eigenvalue weighted by molar-refractivity contribution is 0.238. The molecule has 5 rings (SSSR count). The van der Waals surface area contributed by atoms with Crippen molar-refractivity contribution in [2.75, 3.05) is 18.5 Å². The number of benzene rings is 3. The van der Waals surface area contributed by atoms with Crippen LogP contribution in [0.1, 0.15) is 27.9 Å². The van der Waals surface area contributed by atoms with Gasteiger partial charge in [-0.2, -0.15) is 4.98 Å².